The molecule has 3 aromatic rings. The fourth-order valence-corrected chi connectivity index (χ4v) is 6.22. The molecule has 0 aliphatic rings. The molecule has 0 bridgehead atoms. The quantitative estimate of drug-likeness (QED) is 0.143. The predicted molar refractivity (Wildman–Crippen MR) is 191 cm³/mol. The molecule has 0 radical (unpaired) electrons. The van der Waals surface area contributed by atoms with Crippen molar-refractivity contribution in [3.8, 4) is 11.3 Å². The number of amides is 1. The van der Waals surface area contributed by atoms with E-state index in [1.165, 1.54) is 50.0 Å². The van der Waals surface area contributed by atoms with E-state index >= 15 is 0 Å². The Morgan fingerprint density at radius 2 is 1.49 bits per heavy atom. The zero-order chi connectivity index (χ0) is 35.4. The summed E-state index contributed by atoms with van der Waals surface area (Å²) in [6, 6.07) is 6.81. The maximum absolute atomic E-state index is 14.7. The molecule has 2 N–H and O–H groups in total. The van der Waals surface area contributed by atoms with Crippen molar-refractivity contribution >= 4 is 51.5 Å². The number of carbonyl (C=O) groups is 2. The van der Waals surface area contributed by atoms with Gasteiger partial charge >= 0.3 is 5.97 Å². The van der Waals surface area contributed by atoms with Gasteiger partial charge in [-0.25, -0.2) is 9.18 Å². The topological polar surface area (TPSA) is 112 Å². The third-order valence-electron chi connectivity index (χ3n) is 9.09. The normalized spacial score (nSPS) is 12.6. The van der Waals surface area contributed by atoms with E-state index in [0.717, 1.165) is 0 Å². The molecule has 0 fully saturated rings. The Labute approximate surface area is 285 Å². The van der Waals surface area contributed by atoms with Gasteiger partial charge < -0.3 is 24.2 Å². The molecule has 0 aliphatic carbocycles. The minimum atomic E-state index is -2.14. The molecule has 13 heteroatoms. The van der Waals surface area contributed by atoms with Crippen molar-refractivity contribution in [3.63, 3.8) is 0 Å². The van der Waals surface area contributed by atoms with Gasteiger partial charge in [-0.3, -0.25) is 14.8 Å². The number of methoxy groups -OCH3 is 1. The highest BCUT2D eigenvalue weighted by Crippen LogP contribution is 2.38. The number of nitrogens with zero attached hydrogens (tertiary/aromatic N) is 2. The van der Waals surface area contributed by atoms with Crippen molar-refractivity contribution < 1.29 is 27.6 Å². The average molecular weight is 703 g/mol. The van der Waals surface area contributed by atoms with E-state index in [9.17, 15) is 14.0 Å². The number of benzene rings is 1. The zero-order valence-corrected chi connectivity index (χ0v) is 32.1. The summed E-state index contributed by atoms with van der Waals surface area (Å²) in [5.41, 5.74) is 1.30. The lowest BCUT2D eigenvalue weighted by Gasteiger charge is -2.39. The van der Waals surface area contributed by atoms with E-state index < -0.39 is 40.4 Å². The van der Waals surface area contributed by atoms with Gasteiger partial charge in [-0.2, -0.15) is 0 Å². The number of nitrogens with one attached hydrogen (secondary N) is 2. The van der Waals surface area contributed by atoms with E-state index in [1.807, 2.05) is 0 Å². The van der Waals surface area contributed by atoms with Gasteiger partial charge in [0.2, 0.25) is 0 Å². The number of pyridine rings is 2. The van der Waals surface area contributed by atoms with E-state index in [4.69, 9.17) is 25.2 Å². The molecule has 2 aromatic heterocycles. The Morgan fingerprint density at radius 3 is 2.04 bits per heavy atom. The third-order valence-corrected chi connectivity index (χ3v) is 18.3. The highest BCUT2D eigenvalue weighted by atomic mass is 35.5. The highest BCUT2D eigenvalue weighted by molar-refractivity contribution is 6.74. The summed E-state index contributed by atoms with van der Waals surface area (Å²) in [6.07, 6.45) is 4.25. The van der Waals surface area contributed by atoms with Gasteiger partial charge in [0.15, 0.2) is 16.6 Å². The first kappa shape index (κ1) is 38.3. The molecule has 256 valence electrons. The molecule has 0 spiro atoms. The lowest BCUT2D eigenvalue weighted by molar-refractivity contribution is 0.0601. The zero-order valence-electron chi connectivity index (χ0n) is 29.3. The van der Waals surface area contributed by atoms with Crippen LogP contribution in [0.15, 0.2) is 48.9 Å². The van der Waals surface area contributed by atoms with Gasteiger partial charge in [-0.05, 0) is 66.6 Å². The van der Waals surface area contributed by atoms with Crippen molar-refractivity contribution in [2.75, 3.05) is 25.6 Å². The lowest BCUT2D eigenvalue weighted by atomic mass is 10.1. The fraction of sp³-hybridized carbons (Fsp3) is 0.471. The minimum absolute atomic E-state index is 0.0168. The molecule has 0 unspecified atom stereocenters. The van der Waals surface area contributed by atoms with Crippen molar-refractivity contribution in [2.45, 2.75) is 83.8 Å². The van der Waals surface area contributed by atoms with Crippen LogP contribution in [-0.2, 0) is 13.6 Å². The van der Waals surface area contributed by atoms with Crippen LogP contribution in [0.1, 0.15) is 62.3 Å². The third kappa shape index (κ3) is 9.69. The summed E-state index contributed by atoms with van der Waals surface area (Å²) in [6.45, 7) is 22.2. The van der Waals surface area contributed by atoms with Gasteiger partial charge in [-0.15, -0.1) is 0 Å². The summed E-state index contributed by atoms with van der Waals surface area (Å²) in [5.74, 6) is -1.60. The Hall–Kier alpha value is -3.17. The van der Waals surface area contributed by atoms with Gasteiger partial charge in [0, 0.05) is 29.2 Å². The van der Waals surface area contributed by atoms with Crippen LogP contribution in [-0.4, -0.2) is 64.8 Å². The highest BCUT2D eigenvalue weighted by Gasteiger charge is 2.40. The summed E-state index contributed by atoms with van der Waals surface area (Å²) in [7, 11) is -3.03. The van der Waals surface area contributed by atoms with E-state index in [1.54, 1.807) is 6.07 Å². The molecule has 0 atom stereocenters. The van der Waals surface area contributed by atoms with Crippen molar-refractivity contribution in [2.24, 2.45) is 0 Å². The van der Waals surface area contributed by atoms with Crippen LogP contribution >= 0.6 is 11.6 Å². The second-order valence-electron chi connectivity index (χ2n) is 14.6. The number of ether oxygens (including phenoxy) is 1. The molecule has 0 aliphatic heterocycles. The molecule has 1 amide bonds. The molecular weight excluding hydrogens is 655 g/mol. The number of anilines is 2. The monoisotopic (exact) mass is 702 g/mol. The molecule has 0 saturated carbocycles. The number of aromatic nitrogens is 2. The van der Waals surface area contributed by atoms with Crippen LogP contribution in [0.3, 0.4) is 0 Å². The van der Waals surface area contributed by atoms with E-state index in [0.29, 0.717) is 10.7 Å². The van der Waals surface area contributed by atoms with Crippen LogP contribution in [0.5, 0.6) is 0 Å². The Kier molecular flexibility index (Phi) is 12.2. The Morgan fingerprint density at radius 1 is 0.894 bits per heavy atom. The van der Waals surface area contributed by atoms with Crippen LogP contribution < -0.4 is 10.6 Å². The molecule has 47 heavy (non-hydrogen) atoms. The first-order chi connectivity index (χ1) is 21.7. The molecule has 2 heterocycles. The van der Waals surface area contributed by atoms with E-state index in [2.05, 4.69) is 88.3 Å². The largest absolute Gasteiger partial charge is 0.465 e. The maximum atomic E-state index is 14.7. The second-order valence-corrected chi connectivity index (χ2v) is 24.6. The number of rotatable bonds is 12. The Balaban J connectivity index is 1.97. The summed E-state index contributed by atoms with van der Waals surface area (Å²) in [5, 5.41) is 6.57. The summed E-state index contributed by atoms with van der Waals surface area (Å²) < 4.78 is 32.8. The number of carbonyl (C=O) groups excluding carboxylic acids is 2. The van der Waals surface area contributed by atoms with Crippen LogP contribution in [0.4, 0.5) is 15.8 Å². The molecule has 9 nitrogen and oxygen atoms in total. The molecule has 3 rings (SSSR count). The Bertz CT molecular complexity index is 1560. The van der Waals surface area contributed by atoms with Crippen LogP contribution in [0.25, 0.3) is 11.3 Å². The van der Waals surface area contributed by atoms with Gasteiger partial charge in [-0.1, -0.05) is 53.1 Å². The fourth-order valence-electron chi connectivity index (χ4n) is 3.95. The van der Waals surface area contributed by atoms with Crippen molar-refractivity contribution in [1.82, 2.24) is 15.3 Å². The van der Waals surface area contributed by atoms with Crippen molar-refractivity contribution in [1.29, 1.82) is 0 Å². The van der Waals surface area contributed by atoms with Gasteiger partial charge in [0.05, 0.1) is 49.0 Å². The average Bonchev–Trinajstić information content (AvgIpc) is 2.98. The number of hydrogen-bond donors (Lipinski definition) is 2. The van der Waals surface area contributed by atoms with Gasteiger partial charge in [0.25, 0.3) is 5.91 Å². The predicted octanol–water partition coefficient (Wildman–Crippen LogP) is 8.61. The van der Waals surface area contributed by atoms with Crippen LogP contribution in [0, 0.1) is 5.82 Å². The molecule has 1 aromatic carbocycles. The standard InChI is InChI=1S/C34H48ClFN4O5Si2/c1-33(2,3)46(8,9)44-20-23(21-45-47(10,11)34(4,5)6)39-31(41)25-18-37-15-14-28(25)40-30-17-29(38-19-26(30)32(42)43-7)24-16-22(35)12-13-27(24)36/h12-19,23H,20-21H2,1-11H3,(H,39,41)(H,37,38,40). The van der Waals surface area contributed by atoms with Crippen LogP contribution in [0.2, 0.25) is 41.3 Å². The SMILES string of the molecule is COC(=O)c1cnc(-c2cc(Cl)ccc2F)cc1Nc1ccncc1C(=O)NC(CO[Si](C)(C)C(C)(C)C)CO[Si](C)(C)C(C)(C)C. The van der Waals surface area contributed by atoms with E-state index in [-0.39, 0.29) is 51.4 Å². The number of esters is 1. The molecule has 0 saturated heterocycles. The first-order valence-electron chi connectivity index (χ1n) is 15.5. The smallest absolute Gasteiger partial charge is 0.341 e. The maximum Gasteiger partial charge on any atom is 0.341 e. The second kappa shape index (κ2) is 14.9. The summed E-state index contributed by atoms with van der Waals surface area (Å²) in [4.78, 5) is 35.1. The minimum Gasteiger partial charge on any atom is -0.465 e. The van der Waals surface area contributed by atoms with Gasteiger partial charge in [0.1, 0.15) is 11.4 Å². The number of halogens is 2. The number of hydrogen-bond acceptors (Lipinski definition) is 8. The lowest BCUT2D eigenvalue weighted by Crippen LogP contribution is -2.50. The first-order valence-corrected chi connectivity index (χ1v) is 21.7. The van der Waals surface area contributed by atoms with Crippen molar-refractivity contribution in [3.05, 3.63) is 70.9 Å². The molecular formula is C34H48ClFN4O5Si2. The summed E-state index contributed by atoms with van der Waals surface area (Å²) >= 11 is 6.13.